The second kappa shape index (κ2) is 6.63. The van der Waals surface area contributed by atoms with Crippen LogP contribution in [-0.4, -0.2) is 63.3 Å². The molecule has 1 aromatic heterocycles. The third-order valence-electron chi connectivity index (χ3n) is 3.07. The van der Waals surface area contributed by atoms with Crippen molar-refractivity contribution in [3.05, 3.63) is 11.9 Å². The molecule has 1 fully saturated rings. The smallest absolute Gasteiger partial charge is 0.244 e. The van der Waals surface area contributed by atoms with Crippen LogP contribution in [0.15, 0.2) is 6.20 Å². The molecule has 7 heteroatoms. The first-order valence-corrected chi connectivity index (χ1v) is 6.58. The number of aliphatic hydroxyl groups is 1. The fourth-order valence-corrected chi connectivity index (χ4v) is 2.07. The molecule has 1 aromatic rings. The highest BCUT2D eigenvalue weighted by molar-refractivity contribution is 5.76. The van der Waals surface area contributed by atoms with Gasteiger partial charge in [-0.3, -0.25) is 4.79 Å². The Kier molecular flexibility index (Phi) is 4.86. The molecular formula is C12H20N4O3. The van der Waals surface area contributed by atoms with Crippen LogP contribution in [0, 0.1) is 0 Å². The Labute approximate surface area is 112 Å². The monoisotopic (exact) mass is 268 g/mol. The average Bonchev–Trinajstić information content (AvgIpc) is 2.84. The van der Waals surface area contributed by atoms with E-state index in [1.165, 1.54) is 0 Å². The molecule has 19 heavy (non-hydrogen) atoms. The first-order chi connectivity index (χ1) is 9.19. The number of carbonyl (C=O) groups excluding carboxylic acids is 1. The summed E-state index contributed by atoms with van der Waals surface area (Å²) in [5.41, 5.74) is 0.803. The number of aryl methyl sites for hydroxylation is 1. The van der Waals surface area contributed by atoms with E-state index in [0.717, 1.165) is 5.69 Å². The average molecular weight is 268 g/mol. The second-order valence-electron chi connectivity index (χ2n) is 4.76. The van der Waals surface area contributed by atoms with Crippen molar-refractivity contribution in [3.8, 4) is 0 Å². The van der Waals surface area contributed by atoms with Gasteiger partial charge in [-0.15, -0.1) is 5.10 Å². The Morgan fingerprint density at radius 3 is 3.21 bits per heavy atom. The van der Waals surface area contributed by atoms with E-state index < -0.39 is 0 Å². The summed E-state index contributed by atoms with van der Waals surface area (Å²) in [6.07, 6.45) is 3.19. The zero-order chi connectivity index (χ0) is 13.7. The topological polar surface area (TPSA) is 80.5 Å². The van der Waals surface area contributed by atoms with Gasteiger partial charge in [-0.05, 0) is 19.8 Å². The lowest BCUT2D eigenvalue weighted by Crippen LogP contribution is -2.45. The van der Waals surface area contributed by atoms with Gasteiger partial charge in [-0.2, -0.15) is 0 Å². The SMILES string of the molecule is CC1CN(C(=O)Cn2cc(CCCO)nn2)CCO1. The highest BCUT2D eigenvalue weighted by Gasteiger charge is 2.21. The zero-order valence-electron chi connectivity index (χ0n) is 11.2. The van der Waals surface area contributed by atoms with Crippen molar-refractivity contribution in [2.45, 2.75) is 32.4 Å². The standard InChI is InChI=1S/C12H20N4O3/c1-10-7-15(4-6-19-10)12(18)9-16-8-11(13-14-16)3-2-5-17/h8,10,17H,2-7,9H2,1H3. The minimum Gasteiger partial charge on any atom is -0.396 e. The van der Waals surface area contributed by atoms with Gasteiger partial charge in [-0.1, -0.05) is 5.21 Å². The molecule has 0 aromatic carbocycles. The summed E-state index contributed by atoms with van der Waals surface area (Å²) in [6.45, 7) is 4.16. The molecule has 1 unspecified atom stereocenters. The molecular weight excluding hydrogens is 248 g/mol. The van der Waals surface area contributed by atoms with E-state index >= 15 is 0 Å². The molecule has 106 valence electrons. The van der Waals surface area contributed by atoms with E-state index in [9.17, 15) is 4.79 Å². The first kappa shape index (κ1) is 14.0. The fraction of sp³-hybridized carbons (Fsp3) is 0.750. The summed E-state index contributed by atoms with van der Waals surface area (Å²) in [6, 6.07) is 0. The lowest BCUT2D eigenvalue weighted by molar-refractivity contribution is -0.139. The molecule has 1 aliphatic heterocycles. The molecule has 1 N–H and O–H groups in total. The van der Waals surface area contributed by atoms with Crippen LogP contribution in [0.5, 0.6) is 0 Å². The number of nitrogens with zero attached hydrogens (tertiary/aromatic N) is 4. The van der Waals surface area contributed by atoms with Crippen LogP contribution in [0.1, 0.15) is 19.0 Å². The van der Waals surface area contributed by atoms with Crippen LogP contribution >= 0.6 is 0 Å². The van der Waals surface area contributed by atoms with Crippen molar-refractivity contribution in [2.75, 3.05) is 26.3 Å². The summed E-state index contributed by atoms with van der Waals surface area (Å²) in [4.78, 5) is 13.9. The molecule has 0 aliphatic carbocycles. The molecule has 7 nitrogen and oxygen atoms in total. The minimum atomic E-state index is 0.0359. The predicted octanol–water partition coefficient (Wildman–Crippen LogP) is -0.550. The number of amides is 1. The van der Waals surface area contributed by atoms with Crippen LogP contribution in [0.2, 0.25) is 0 Å². The Balaban J connectivity index is 1.86. The summed E-state index contributed by atoms with van der Waals surface area (Å²) >= 11 is 0. The minimum absolute atomic E-state index is 0.0359. The number of ether oxygens (including phenoxy) is 1. The lowest BCUT2D eigenvalue weighted by Gasteiger charge is -2.31. The molecule has 1 atom stereocenters. The van der Waals surface area contributed by atoms with Crippen LogP contribution in [0.3, 0.4) is 0 Å². The van der Waals surface area contributed by atoms with Crippen molar-refractivity contribution < 1.29 is 14.6 Å². The summed E-state index contributed by atoms with van der Waals surface area (Å²) in [5, 5.41) is 16.6. The molecule has 0 saturated carbocycles. The molecule has 1 saturated heterocycles. The number of hydrogen-bond acceptors (Lipinski definition) is 5. The predicted molar refractivity (Wildman–Crippen MR) is 67.4 cm³/mol. The van der Waals surface area contributed by atoms with Gasteiger partial charge >= 0.3 is 0 Å². The molecule has 2 rings (SSSR count). The number of hydrogen-bond donors (Lipinski definition) is 1. The molecule has 1 amide bonds. The van der Waals surface area contributed by atoms with E-state index in [4.69, 9.17) is 9.84 Å². The van der Waals surface area contributed by atoms with E-state index in [1.54, 1.807) is 15.8 Å². The van der Waals surface area contributed by atoms with E-state index in [2.05, 4.69) is 10.3 Å². The Morgan fingerprint density at radius 1 is 1.63 bits per heavy atom. The lowest BCUT2D eigenvalue weighted by atomic mass is 10.2. The van der Waals surface area contributed by atoms with Gasteiger partial charge in [0, 0.05) is 25.9 Å². The van der Waals surface area contributed by atoms with Crippen LogP contribution < -0.4 is 0 Å². The van der Waals surface area contributed by atoms with Gasteiger partial charge in [0.15, 0.2) is 0 Å². The fourth-order valence-electron chi connectivity index (χ4n) is 2.07. The Hall–Kier alpha value is -1.47. The third kappa shape index (κ3) is 4.00. The maximum atomic E-state index is 12.1. The van der Waals surface area contributed by atoms with Crippen molar-refractivity contribution in [1.82, 2.24) is 19.9 Å². The first-order valence-electron chi connectivity index (χ1n) is 6.58. The van der Waals surface area contributed by atoms with Crippen molar-refractivity contribution in [3.63, 3.8) is 0 Å². The van der Waals surface area contributed by atoms with Crippen LogP contribution in [0.25, 0.3) is 0 Å². The maximum absolute atomic E-state index is 12.1. The quantitative estimate of drug-likeness (QED) is 0.775. The van der Waals surface area contributed by atoms with Crippen LogP contribution in [0.4, 0.5) is 0 Å². The maximum Gasteiger partial charge on any atom is 0.244 e. The van der Waals surface area contributed by atoms with Gasteiger partial charge in [0.05, 0.1) is 18.4 Å². The Bertz CT molecular complexity index is 421. The number of rotatable bonds is 5. The van der Waals surface area contributed by atoms with Gasteiger partial charge in [0.2, 0.25) is 5.91 Å². The van der Waals surface area contributed by atoms with Gasteiger partial charge in [0.25, 0.3) is 0 Å². The highest BCUT2D eigenvalue weighted by Crippen LogP contribution is 2.06. The number of aromatic nitrogens is 3. The Morgan fingerprint density at radius 2 is 2.47 bits per heavy atom. The molecule has 0 radical (unpaired) electrons. The molecule has 2 heterocycles. The summed E-state index contributed by atoms with van der Waals surface area (Å²) < 4.78 is 6.96. The summed E-state index contributed by atoms with van der Waals surface area (Å²) in [5.74, 6) is 0.0359. The van der Waals surface area contributed by atoms with E-state index in [0.29, 0.717) is 32.5 Å². The zero-order valence-corrected chi connectivity index (χ0v) is 11.2. The number of aliphatic hydroxyl groups excluding tert-OH is 1. The number of morpholine rings is 1. The third-order valence-corrected chi connectivity index (χ3v) is 3.07. The van der Waals surface area contributed by atoms with Crippen LogP contribution in [-0.2, 0) is 22.5 Å². The van der Waals surface area contributed by atoms with E-state index in [-0.39, 0.29) is 25.2 Å². The number of carbonyl (C=O) groups is 1. The largest absolute Gasteiger partial charge is 0.396 e. The normalized spacial score (nSPS) is 19.7. The van der Waals surface area contributed by atoms with Crippen molar-refractivity contribution in [2.24, 2.45) is 0 Å². The summed E-state index contributed by atoms with van der Waals surface area (Å²) in [7, 11) is 0. The van der Waals surface area contributed by atoms with Gasteiger partial charge in [0.1, 0.15) is 6.54 Å². The molecule has 1 aliphatic rings. The highest BCUT2D eigenvalue weighted by atomic mass is 16.5. The van der Waals surface area contributed by atoms with Crippen molar-refractivity contribution in [1.29, 1.82) is 0 Å². The van der Waals surface area contributed by atoms with Crippen molar-refractivity contribution >= 4 is 5.91 Å². The molecule has 0 spiro atoms. The van der Waals surface area contributed by atoms with Gasteiger partial charge < -0.3 is 14.7 Å². The van der Waals surface area contributed by atoms with Gasteiger partial charge in [-0.25, -0.2) is 4.68 Å². The second-order valence-corrected chi connectivity index (χ2v) is 4.76. The van der Waals surface area contributed by atoms with E-state index in [1.807, 2.05) is 6.92 Å². The molecule has 0 bridgehead atoms.